The van der Waals surface area contributed by atoms with Crippen molar-refractivity contribution in [3.8, 4) is 0 Å². The first-order valence-corrected chi connectivity index (χ1v) is 7.92. The second kappa shape index (κ2) is 6.60. The molecule has 0 radical (unpaired) electrons. The molecule has 1 saturated heterocycles. The van der Waals surface area contributed by atoms with Crippen LogP contribution >= 0.6 is 0 Å². The van der Waals surface area contributed by atoms with E-state index in [-0.39, 0.29) is 35.7 Å². The van der Waals surface area contributed by atoms with Crippen LogP contribution in [0.15, 0.2) is 29.3 Å². The maximum Gasteiger partial charge on any atom is 0.270 e. The summed E-state index contributed by atoms with van der Waals surface area (Å²) in [6, 6.07) is 3.90. The average molecular weight is 346 g/mol. The van der Waals surface area contributed by atoms with Crippen LogP contribution in [0.1, 0.15) is 13.8 Å². The third-order valence-corrected chi connectivity index (χ3v) is 4.10. The quantitative estimate of drug-likeness (QED) is 0.604. The van der Waals surface area contributed by atoms with Crippen molar-refractivity contribution in [2.24, 2.45) is 0 Å². The summed E-state index contributed by atoms with van der Waals surface area (Å²) >= 11 is 0. The summed E-state index contributed by atoms with van der Waals surface area (Å²) in [5.41, 5.74) is -0.310. The van der Waals surface area contributed by atoms with Crippen molar-refractivity contribution in [1.82, 2.24) is 14.5 Å². The van der Waals surface area contributed by atoms with Gasteiger partial charge in [0, 0.05) is 25.2 Å². The molecule has 1 aromatic carbocycles. The number of nitrogens with zero attached hydrogens (tertiary/aromatic N) is 4. The Kier molecular flexibility index (Phi) is 4.49. The molecule has 1 amide bonds. The van der Waals surface area contributed by atoms with Crippen LogP contribution < -0.4 is 5.56 Å². The van der Waals surface area contributed by atoms with E-state index < -0.39 is 10.5 Å². The minimum atomic E-state index is -0.572. The third-order valence-electron chi connectivity index (χ3n) is 4.10. The zero-order valence-electron chi connectivity index (χ0n) is 13.9. The van der Waals surface area contributed by atoms with Gasteiger partial charge < -0.3 is 9.64 Å². The Labute approximate surface area is 143 Å². The second-order valence-electron chi connectivity index (χ2n) is 6.19. The van der Waals surface area contributed by atoms with Crippen molar-refractivity contribution in [3.05, 3.63) is 45.0 Å². The minimum Gasteiger partial charge on any atom is -0.372 e. The molecule has 0 saturated carbocycles. The number of aromatic nitrogens is 2. The van der Waals surface area contributed by atoms with E-state index in [9.17, 15) is 19.7 Å². The molecular formula is C16H18N4O5. The smallest absolute Gasteiger partial charge is 0.270 e. The molecule has 132 valence electrons. The van der Waals surface area contributed by atoms with Crippen LogP contribution in [0.4, 0.5) is 5.69 Å². The molecule has 1 aliphatic rings. The van der Waals surface area contributed by atoms with E-state index in [0.717, 1.165) is 0 Å². The fourth-order valence-corrected chi connectivity index (χ4v) is 3.00. The van der Waals surface area contributed by atoms with E-state index in [1.165, 1.54) is 29.1 Å². The number of nitro groups is 1. The highest BCUT2D eigenvalue weighted by molar-refractivity contribution is 5.81. The molecule has 0 aliphatic carbocycles. The topological polar surface area (TPSA) is 108 Å². The van der Waals surface area contributed by atoms with Gasteiger partial charge in [-0.2, -0.15) is 0 Å². The van der Waals surface area contributed by atoms with Crippen LogP contribution in [-0.4, -0.2) is 50.6 Å². The molecule has 9 nitrogen and oxygen atoms in total. The molecule has 1 aromatic heterocycles. The van der Waals surface area contributed by atoms with Gasteiger partial charge in [0.2, 0.25) is 5.91 Å². The number of morpholine rings is 1. The van der Waals surface area contributed by atoms with E-state index in [2.05, 4.69) is 4.98 Å². The minimum absolute atomic E-state index is 0.0678. The lowest BCUT2D eigenvalue weighted by molar-refractivity contribution is -0.384. The zero-order valence-corrected chi connectivity index (χ0v) is 13.9. The van der Waals surface area contributed by atoms with Gasteiger partial charge in [-0.1, -0.05) is 0 Å². The van der Waals surface area contributed by atoms with Gasteiger partial charge in [-0.15, -0.1) is 0 Å². The predicted octanol–water partition coefficient (Wildman–Crippen LogP) is 0.940. The zero-order chi connectivity index (χ0) is 18.1. The molecule has 1 aliphatic heterocycles. The summed E-state index contributed by atoms with van der Waals surface area (Å²) < 4.78 is 6.77. The maximum atomic E-state index is 12.6. The van der Waals surface area contributed by atoms with Crippen molar-refractivity contribution >= 4 is 22.5 Å². The number of fused-ring (bicyclic) bond motifs is 1. The largest absolute Gasteiger partial charge is 0.372 e. The van der Waals surface area contributed by atoms with Crippen LogP contribution in [0, 0.1) is 10.1 Å². The van der Waals surface area contributed by atoms with Crippen molar-refractivity contribution in [3.63, 3.8) is 0 Å². The highest BCUT2D eigenvalue weighted by atomic mass is 16.6. The molecule has 0 unspecified atom stereocenters. The molecule has 2 aromatic rings. The number of carbonyl (C=O) groups is 1. The number of carbonyl (C=O) groups excluding carboxylic acids is 1. The number of hydrogen-bond donors (Lipinski definition) is 0. The third kappa shape index (κ3) is 3.50. The number of amides is 1. The van der Waals surface area contributed by atoms with Gasteiger partial charge in [0.05, 0.1) is 34.4 Å². The Morgan fingerprint density at radius 2 is 2.04 bits per heavy atom. The fraction of sp³-hybridized carbons (Fsp3) is 0.438. The molecule has 2 heterocycles. The monoisotopic (exact) mass is 346 g/mol. The highest BCUT2D eigenvalue weighted by Gasteiger charge is 2.26. The normalized spacial score (nSPS) is 20.6. The molecular weight excluding hydrogens is 328 g/mol. The summed E-state index contributed by atoms with van der Waals surface area (Å²) in [5.74, 6) is -0.212. The summed E-state index contributed by atoms with van der Waals surface area (Å²) in [7, 11) is 0. The van der Waals surface area contributed by atoms with Crippen LogP contribution in [0.2, 0.25) is 0 Å². The second-order valence-corrected chi connectivity index (χ2v) is 6.19. The standard InChI is InChI=1S/C16H18N4O5/c1-10-6-18(7-11(2)25-10)15(21)8-19-9-17-14-4-3-12(20(23)24)5-13(14)16(19)22/h3-5,9-11H,6-8H2,1-2H3/t10-,11-/m0/s1. The number of benzene rings is 1. The molecule has 0 bridgehead atoms. The summed E-state index contributed by atoms with van der Waals surface area (Å²) in [5, 5.41) is 11.0. The van der Waals surface area contributed by atoms with Gasteiger partial charge in [0.1, 0.15) is 6.54 Å². The molecule has 25 heavy (non-hydrogen) atoms. The van der Waals surface area contributed by atoms with Gasteiger partial charge in [-0.05, 0) is 19.9 Å². The van der Waals surface area contributed by atoms with E-state index in [1.54, 1.807) is 4.90 Å². The SMILES string of the molecule is C[C@H]1CN(C(=O)Cn2cnc3ccc([N+](=O)[O-])cc3c2=O)C[C@H](C)O1. The molecule has 3 rings (SSSR count). The Balaban J connectivity index is 1.88. The molecule has 2 atom stereocenters. The lowest BCUT2D eigenvalue weighted by Crippen LogP contribution is -2.49. The van der Waals surface area contributed by atoms with Crippen LogP contribution in [0.25, 0.3) is 10.9 Å². The maximum absolute atomic E-state index is 12.6. The number of non-ortho nitro benzene ring substituents is 1. The lowest BCUT2D eigenvalue weighted by atomic mass is 10.2. The van der Waals surface area contributed by atoms with Gasteiger partial charge in [-0.3, -0.25) is 24.3 Å². The van der Waals surface area contributed by atoms with Gasteiger partial charge in [0.15, 0.2) is 0 Å². The number of ether oxygens (including phenoxy) is 1. The molecule has 9 heteroatoms. The Hall–Kier alpha value is -2.81. The van der Waals surface area contributed by atoms with Crippen molar-refractivity contribution in [1.29, 1.82) is 0 Å². The Morgan fingerprint density at radius 3 is 2.68 bits per heavy atom. The molecule has 1 fully saturated rings. The van der Waals surface area contributed by atoms with Crippen molar-refractivity contribution < 1.29 is 14.5 Å². The van der Waals surface area contributed by atoms with Crippen molar-refractivity contribution in [2.75, 3.05) is 13.1 Å². The van der Waals surface area contributed by atoms with Crippen molar-refractivity contribution in [2.45, 2.75) is 32.6 Å². The number of rotatable bonds is 3. The van der Waals surface area contributed by atoms with E-state index >= 15 is 0 Å². The average Bonchev–Trinajstić information content (AvgIpc) is 2.56. The Morgan fingerprint density at radius 1 is 1.36 bits per heavy atom. The van der Waals surface area contributed by atoms with Gasteiger partial charge >= 0.3 is 0 Å². The molecule has 0 spiro atoms. The number of nitro benzene ring substituents is 1. The first kappa shape index (κ1) is 17.0. The van der Waals surface area contributed by atoms with Crippen LogP contribution in [-0.2, 0) is 16.1 Å². The van der Waals surface area contributed by atoms with E-state index in [1.807, 2.05) is 13.8 Å². The van der Waals surface area contributed by atoms with Gasteiger partial charge in [0.25, 0.3) is 11.2 Å². The first-order valence-electron chi connectivity index (χ1n) is 7.92. The predicted molar refractivity (Wildman–Crippen MR) is 89.2 cm³/mol. The first-order chi connectivity index (χ1) is 11.8. The lowest BCUT2D eigenvalue weighted by Gasteiger charge is -2.35. The number of hydrogen-bond acceptors (Lipinski definition) is 6. The molecule has 0 N–H and O–H groups in total. The summed E-state index contributed by atoms with van der Waals surface area (Å²) in [6.45, 7) is 4.54. The highest BCUT2D eigenvalue weighted by Crippen LogP contribution is 2.16. The van der Waals surface area contributed by atoms with E-state index in [4.69, 9.17) is 4.74 Å². The Bertz CT molecular complexity index is 884. The summed E-state index contributed by atoms with van der Waals surface area (Å²) in [4.78, 5) is 41.1. The van der Waals surface area contributed by atoms with Crippen LogP contribution in [0.3, 0.4) is 0 Å². The summed E-state index contributed by atoms with van der Waals surface area (Å²) in [6.07, 6.45) is 1.16. The van der Waals surface area contributed by atoms with Gasteiger partial charge in [-0.25, -0.2) is 4.98 Å². The fourth-order valence-electron chi connectivity index (χ4n) is 3.00. The van der Waals surface area contributed by atoms with E-state index in [0.29, 0.717) is 18.6 Å². The van der Waals surface area contributed by atoms with Crippen LogP contribution in [0.5, 0.6) is 0 Å².